The molecule has 0 unspecified atom stereocenters. The molecule has 3 amide bonds. The number of hydrogen-bond acceptors (Lipinski definition) is 3. The van der Waals surface area contributed by atoms with Gasteiger partial charge < -0.3 is 15.5 Å². The number of halogens is 2. The third kappa shape index (κ3) is 5.11. The molecule has 1 fully saturated rings. The molecule has 0 spiro atoms. The van der Waals surface area contributed by atoms with Crippen LogP contribution in [0.3, 0.4) is 0 Å². The molecule has 0 saturated heterocycles. The van der Waals surface area contributed by atoms with Gasteiger partial charge in [0.25, 0.3) is 0 Å². The molecule has 1 saturated carbocycles. The number of carbonyl (C=O) groups is 3. The fourth-order valence-corrected chi connectivity index (χ4v) is 2.60. The van der Waals surface area contributed by atoms with Gasteiger partial charge in [0.05, 0.1) is 28.8 Å². The molecule has 0 aromatic heterocycles. The van der Waals surface area contributed by atoms with E-state index in [1.54, 1.807) is 25.1 Å². The van der Waals surface area contributed by atoms with E-state index < -0.39 is 5.91 Å². The molecule has 8 heteroatoms. The molecular formula is C16H19Cl2N3O3. The molecule has 1 aliphatic rings. The van der Waals surface area contributed by atoms with Crippen molar-refractivity contribution in [1.82, 2.24) is 10.2 Å². The number of hydrogen-bond donors (Lipinski definition) is 2. The fraction of sp³-hybridized carbons (Fsp3) is 0.438. The lowest BCUT2D eigenvalue weighted by Crippen LogP contribution is -2.43. The topological polar surface area (TPSA) is 78.5 Å². The number of likely N-dealkylation sites (N-methyl/N-ethyl adjacent to an activating group) is 1. The molecule has 1 aromatic carbocycles. The van der Waals surface area contributed by atoms with Gasteiger partial charge in [-0.3, -0.25) is 14.4 Å². The van der Waals surface area contributed by atoms with Crippen LogP contribution in [-0.4, -0.2) is 42.3 Å². The lowest BCUT2D eigenvalue weighted by Gasteiger charge is -2.21. The smallest absolute Gasteiger partial charge is 0.244 e. The molecule has 0 atom stereocenters. The molecule has 2 rings (SSSR count). The zero-order valence-electron chi connectivity index (χ0n) is 13.3. The Hall–Kier alpha value is -1.79. The highest BCUT2D eigenvalue weighted by molar-refractivity contribution is 6.39. The zero-order chi connectivity index (χ0) is 17.7. The Labute approximate surface area is 150 Å². The highest BCUT2D eigenvalue weighted by Gasteiger charge is 2.30. The Balaban J connectivity index is 1.87. The summed E-state index contributed by atoms with van der Waals surface area (Å²) in [5.74, 6) is -0.786. The maximum atomic E-state index is 12.1. The van der Waals surface area contributed by atoms with Gasteiger partial charge in [0, 0.05) is 12.5 Å². The van der Waals surface area contributed by atoms with E-state index in [2.05, 4.69) is 10.6 Å². The van der Waals surface area contributed by atoms with Crippen molar-refractivity contribution < 1.29 is 14.4 Å². The minimum absolute atomic E-state index is 0.0403. The minimum atomic E-state index is -0.409. The van der Waals surface area contributed by atoms with Crippen LogP contribution in [-0.2, 0) is 14.4 Å². The summed E-state index contributed by atoms with van der Waals surface area (Å²) in [6.07, 6.45) is 1.75. The average molecular weight is 372 g/mol. The van der Waals surface area contributed by atoms with Crippen molar-refractivity contribution in [2.75, 3.05) is 25.0 Å². The molecule has 0 aliphatic heterocycles. The Morgan fingerprint density at radius 2 is 1.83 bits per heavy atom. The van der Waals surface area contributed by atoms with Crippen molar-refractivity contribution in [2.45, 2.75) is 19.8 Å². The van der Waals surface area contributed by atoms with Gasteiger partial charge in [-0.1, -0.05) is 29.3 Å². The Morgan fingerprint density at radius 3 is 2.38 bits per heavy atom. The number of rotatable bonds is 7. The second-order valence-electron chi connectivity index (χ2n) is 5.54. The van der Waals surface area contributed by atoms with Crippen molar-refractivity contribution in [3.05, 3.63) is 28.2 Å². The van der Waals surface area contributed by atoms with E-state index in [1.165, 1.54) is 4.90 Å². The largest absolute Gasteiger partial charge is 0.347 e. The molecule has 2 N–H and O–H groups in total. The molecule has 130 valence electrons. The number of anilines is 1. The summed E-state index contributed by atoms with van der Waals surface area (Å²) in [5, 5.41) is 5.85. The van der Waals surface area contributed by atoms with Crippen LogP contribution in [0.4, 0.5) is 5.69 Å². The molecule has 0 heterocycles. The SMILES string of the molecule is CCN(CC(=O)Nc1c(Cl)cccc1Cl)C(=O)CNC(=O)C1CC1. The van der Waals surface area contributed by atoms with E-state index in [9.17, 15) is 14.4 Å². The normalized spacial score (nSPS) is 13.3. The van der Waals surface area contributed by atoms with Gasteiger partial charge in [0.15, 0.2) is 0 Å². The maximum Gasteiger partial charge on any atom is 0.244 e. The van der Waals surface area contributed by atoms with E-state index in [-0.39, 0.29) is 30.8 Å². The van der Waals surface area contributed by atoms with Gasteiger partial charge in [0.2, 0.25) is 17.7 Å². The Kier molecular flexibility index (Phi) is 6.45. The maximum absolute atomic E-state index is 12.1. The number of nitrogens with zero attached hydrogens (tertiary/aromatic N) is 1. The first-order valence-corrected chi connectivity index (χ1v) is 8.47. The van der Waals surface area contributed by atoms with Crippen LogP contribution in [0.2, 0.25) is 10.0 Å². The van der Waals surface area contributed by atoms with Crippen LogP contribution in [0.1, 0.15) is 19.8 Å². The van der Waals surface area contributed by atoms with E-state index in [1.807, 2.05) is 0 Å². The van der Waals surface area contributed by atoms with E-state index in [0.29, 0.717) is 22.3 Å². The van der Waals surface area contributed by atoms with Crippen molar-refractivity contribution in [2.24, 2.45) is 5.92 Å². The summed E-state index contributed by atoms with van der Waals surface area (Å²) in [5.41, 5.74) is 0.316. The standard InChI is InChI=1S/C16H19Cl2N3O3/c1-2-21(14(23)8-19-16(24)10-6-7-10)9-13(22)20-15-11(17)4-3-5-12(15)18/h3-5,10H,2,6-9H2,1H3,(H,19,24)(H,20,22). The third-order valence-corrected chi connectivity index (χ3v) is 4.29. The fourth-order valence-electron chi connectivity index (χ4n) is 2.11. The number of benzene rings is 1. The van der Waals surface area contributed by atoms with Crippen LogP contribution in [0.15, 0.2) is 18.2 Å². The predicted octanol–water partition coefficient (Wildman–Crippen LogP) is 2.31. The van der Waals surface area contributed by atoms with Crippen LogP contribution >= 0.6 is 23.2 Å². The number of nitrogens with one attached hydrogen (secondary N) is 2. The van der Waals surface area contributed by atoms with Gasteiger partial charge in [-0.2, -0.15) is 0 Å². The quantitative estimate of drug-likeness (QED) is 0.771. The lowest BCUT2D eigenvalue weighted by atomic mass is 10.3. The van der Waals surface area contributed by atoms with Crippen molar-refractivity contribution >= 4 is 46.6 Å². The predicted molar refractivity (Wildman–Crippen MR) is 93.1 cm³/mol. The van der Waals surface area contributed by atoms with Crippen molar-refractivity contribution in [1.29, 1.82) is 0 Å². The number of para-hydroxylation sites is 1. The second kappa shape index (κ2) is 8.35. The Bertz CT molecular complexity index is 627. The summed E-state index contributed by atoms with van der Waals surface area (Å²) >= 11 is 12.0. The van der Waals surface area contributed by atoms with Gasteiger partial charge in [-0.05, 0) is 31.9 Å². The van der Waals surface area contributed by atoms with E-state index in [0.717, 1.165) is 12.8 Å². The van der Waals surface area contributed by atoms with E-state index in [4.69, 9.17) is 23.2 Å². The minimum Gasteiger partial charge on any atom is -0.347 e. The molecule has 0 bridgehead atoms. The highest BCUT2D eigenvalue weighted by Crippen LogP contribution is 2.30. The van der Waals surface area contributed by atoms with E-state index >= 15 is 0 Å². The summed E-state index contributed by atoms with van der Waals surface area (Å²) < 4.78 is 0. The molecule has 24 heavy (non-hydrogen) atoms. The second-order valence-corrected chi connectivity index (χ2v) is 6.36. The summed E-state index contributed by atoms with van der Waals surface area (Å²) in [6.45, 7) is 1.86. The summed E-state index contributed by atoms with van der Waals surface area (Å²) in [7, 11) is 0. The van der Waals surface area contributed by atoms with Crippen molar-refractivity contribution in [3.63, 3.8) is 0 Å². The van der Waals surface area contributed by atoms with Gasteiger partial charge in [-0.25, -0.2) is 0 Å². The average Bonchev–Trinajstić information content (AvgIpc) is 3.38. The van der Waals surface area contributed by atoms with Crippen LogP contribution in [0.25, 0.3) is 0 Å². The number of carbonyl (C=O) groups excluding carboxylic acids is 3. The van der Waals surface area contributed by atoms with Gasteiger partial charge >= 0.3 is 0 Å². The zero-order valence-corrected chi connectivity index (χ0v) is 14.8. The molecular weight excluding hydrogens is 353 g/mol. The monoisotopic (exact) mass is 371 g/mol. The van der Waals surface area contributed by atoms with Crippen LogP contribution in [0.5, 0.6) is 0 Å². The Morgan fingerprint density at radius 1 is 1.21 bits per heavy atom. The molecule has 1 aromatic rings. The molecule has 6 nitrogen and oxygen atoms in total. The summed E-state index contributed by atoms with van der Waals surface area (Å²) in [6, 6.07) is 4.89. The number of amides is 3. The first-order chi connectivity index (χ1) is 11.4. The third-order valence-electron chi connectivity index (χ3n) is 3.66. The highest BCUT2D eigenvalue weighted by atomic mass is 35.5. The first kappa shape index (κ1) is 18.5. The molecule has 0 radical (unpaired) electrons. The van der Waals surface area contributed by atoms with Gasteiger partial charge in [0.1, 0.15) is 0 Å². The first-order valence-electron chi connectivity index (χ1n) is 7.71. The van der Waals surface area contributed by atoms with Gasteiger partial charge in [-0.15, -0.1) is 0 Å². The molecule has 1 aliphatic carbocycles. The van der Waals surface area contributed by atoms with Crippen LogP contribution in [0, 0.1) is 5.92 Å². The lowest BCUT2D eigenvalue weighted by molar-refractivity contribution is -0.135. The van der Waals surface area contributed by atoms with Crippen molar-refractivity contribution in [3.8, 4) is 0 Å². The van der Waals surface area contributed by atoms with Crippen LogP contribution < -0.4 is 10.6 Å². The summed E-state index contributed by atoms with van der Waals surface area (Å²) in [4.78, 5) is 37.2.